The highest BCUT2D eigenvalue weighted by atomic mass is 16.1. The maximum absolute atomic E-state index is 11.5. The molecule has 2 aromatic rings. The molecule has 0 saturated carbocycles. The summed E-state index contributed by atoms with van der Waals surface area (Å²) in [6.45, 7) is 3.91. The Labute approximate surface area is 86.0 Å². The monoisotopic (exact) mass is 202 g/mol. The first kappa shape index (κ1) is 9.46. The fourth-order valence-corrected chi connectivity index (χ4v) is 1.52. The van der Waals surface area contributed by atoms with Crippen LogP contribution in [0.5, 0.6) is 0 Å². The van der Waals surface area contributed by atoms with Crippen molar-refractivity contribution in [3.63, 3.8) is 0 Å². The van der Waals surface area contributed by atoms with E-state index in [4.69, 9.17) is 5.26 Å². The largest absolute Gasteiger partial charge is 0.292 e. The zero-order chi connectivity index (χ0) is 11.0. The zero-order valence-electron chi connectivity index (χ0n) is 8.48. The molecular weight excluding hydrogens is 192 g/mol. The number of fused-ring (bicyclic) bond motifs is 1. The van der Waals surface area contributed by atoms with Crippen molar-refractivity contribution in [2.75, 3.05) is 0 Å². The van der Waals surface area contributed by atoms with Gasteiger partial charge in [0.05, 0.1) is 5.69 Å². The van der Waals surface area contributed by atoms with Gasteiger partial charge in [0.15, 0.2) is 5.65 Å². The molecule has 1 N–H and O–H groups in total. The fourth-order valence-electron chi connectivity index (χ4n) is 1.52. The first-order valence-corrected chi connectivity index (χ1v) is 4.65. The fraction of sp³-hybridized carbons (Fsp3) is 0.300. The van der Waals surface area contributed by atoms with E-state index in [1.54, 1.807) is 0 Å². The predicted octanol–water partition coefficient (Wildman–Crippen LogP) is 1.02. The van der Waals surface area contributed by atoms with Crippen molar-refractivity contribution in [3.05, 3.63) is 33.9 Å². The van der Waals surface area contributed by atoms with Crippen molar-refractivity contribution in [2.24, 2.45) is 0 Å². The Morgan fingerprint density at radius 2 is 2.33 bits per heavy atom. The highest BCUT2D eigenvalue weighted by Gasteiger charge is 2.15. The molecule has 0 aromatic carbocycles. The summed E-state index contributed by atoms with van der Waals surface area (Å²) in [6, 6.07) is 3.43. The first-order chi connectivity index (χ1) is 7.15. The van der Waals surface area contributed by atoms with E-state index in [-0.39, 0.29) is 11.5 Å². The van der Waals surface area contributed by atoms with Gasteiger partial charge < -0.3 is 0 Å². The molecule has 5 nitrogen and oxygen atoms in total. The summed E-state index contributed by atoms with van der Waals surface area (Å²) in [4.78, 5) is 15.5. The standard InChI is InChI=1S/C10H10N4O/c1-6(2)9-7(5-11)10-12-4-3-8(15)14(10)13-9/h3-4,6,13H,1-2H3. The number of rotatable bonds is 1. The van der Waals surface area contributed by atoms with E-state index >= 15 is 0 Å². The van der Waals surface area contributed by atoms with Crippen LogP contribution in [0, 0.1) is 11.3 Å². The van der Waals surface area contributed by atoms with E-state index < -0.39 is 0 Å². The Hall–Kier alpha value is -2.09. The summed E-state index contributed by atoms with van der Waals surface area (Å²) in [5.74, 6) is 0.153. The molecular formula is C10H10N4O. The maximum Gasteiger partial charge on any atom is 0.272 e. The number of H-pyrrole nitrogens is 1. The molecule has 0 unspecified atom stereocenters. The molecule has 76 valence electrons. The molecule has 0 fully saturated rings. The smallest absolute Gasteiger partial charge is 0.272 e. The molecule has 0 saturated heterocycles. The molecule has 2 rings (SSSR count). The number of aromatic amines is 1. The van der Waals surface area contributed by atoms with Crippen LogP contribution < -0.4 is 5.56 Å². The van der Waals surface area contributed by atoms with Gasteiger partial charge >= 0.3 is 0 Å². The third kappa shape index (κ3) is 1.31. The third-order valence-electron chi connectivity index (χ3n) is 2.26. The highest BCUT2D eigenvalue weighted by Crippen LogP contribution is 2.19. The number of nitrogens with zero attached hydrogens (tertiary/aromatic N) is 3. The predicted molar refractivity (Wildman–Crippen MR) is 54.6 cm³/mol. The molecule has 0 amide bonds. The summed E-state index contributed by atoms with van der Waals surface area (Å²) in [5, 5.41) is 11.9. The van der Waals surface area contributed by atoms with Crippen LogP contribution in [0.15, 0.2) is 17.1 Å². The topological polar surface area (TPSA) is 73.9 Å². The van der Waals surface area contributed by atoms with Crippen molar-refractivity contribution in [1.82, 2.24) is 14.6 Å². The van der Waals surface area contributed by atoms with Crippen LogP contribution in [-0.4, -0.2) is 14.6 Å². The lowest BCUT2D eigenvalue weighted by Gasteiger charge is -1.99. The van der Waals surface area contributed by atoms with Crippen molar-refractivity contribution in [3.8, 4) is 6.07 Å². The molecule has 0 radical (unpaired) electrons. The molecule has 0 aliphatic heterocycles. The van der Waals surface area contributed by atoms with E-state index in [0.717, 1.165) is 5.69 Å². The van der Waals surface area contributed by atoms with Crippen LogP contribution in [0.4, 0.5) is 0 Å². The van der Waals surface area contributed by atoms with Gasteiger partial charge in [0.1, 0.15) is 11.6 Å². The van der Waals surface area contributed by atoms with Crippen LogP contribution in [0.2, 0.25) is 0 Å². The normalized spacial score (nSPS) is 10.8. The molecule has 0 aliphatic carbocycles. The zero-order valence-corrected chi connectivity index (χ0v) is 8.48. The Morgan fingerprint density at radius 1 is 1.60 bits per heavy atom. The van der Waals surface area contributed by atoms with Crippen LogP contribution >= 0.6 is 0 Å². The van der Waals surface area contributed by atoms with Gasteiger partial charge in [-0.15, -0.1) is 0 Å². The Kier molecular flexibility index (Phi) is 2.05. The van der Waals surface area contributed by atoms with Gasteiger partial charge in [0.2, 0.25) is 0 Å². The van der Waals surface area contributed by atoms with Crippen LogP contribution in [0.1, 0.15) is 31.0 Å². The van der Waals surface area contributed by atoms with Crippen molar-refractivity contribution >= 4 is 5.65 Å². The summed E-state index contributed by atoms with van der Waals surface area (Å²) in [7, 11) is 0. The van der Waals surface area contributed by atoms with Crippen LogP contribution in [-0.2, 0) is 0 Å². The number of nitriles is 1. The first-order valence-electron chi connectivity index (χ1n) is 4.65. The van der Waals surface area contributed by atoms with E-state index in [2.05, 4.69) is 16.2 Å². The van der Waals surface area contributed by atoms with Gasteiger partial charge in [-0.1, -0.05) is 13.8 Å². The number of hydrogen-bond donors (Lipinski definition) is 1. The summed E-state index contributed by atoms with van der Waals surface area (Å²) >= 11 is 0. The van der Waals surface area contributed by atoms with Gasteiger partial charge in [-0.3, -0.25) is 9.89 Å². The van der Waals surface area contributed by atoms with Crippen molar-refractivity contribution in [2.45, 2.75) is 19.8 Å². The SMILES string of the molecule is CC(C)c1[nH]n2c(=O)ccnc2c1C#N. The van der Waals surface area contributed by atoms with Gasteiger partial charge in [-0.05, 0) is 5.92 Å². The summed E-state index contributed by atoms with van der Waals surface area (Å²) in [6.07, 6.45) is 1.41. The number of hydrogen-bond acceptors (Lipinski definition) is 3. The molecule has 5 heteroatoms. The van der Waals surface area contributed by atoms with Crippen molar-refractivity contribution in [1.29, 1.82) is 5.26 Å². The second-order valence-corrected chi connectivity index (χ2v) is 3.61. The Balaban J connectivity index is 2.93. The minimum Gasteiger partial charge on any atom is -0.292 e. The molecule has 2 aromatic heterocycles. The van der Waals surface area contributed by atoms with E-state index in [1.165, 1.54) is 16.8 Å². The minimum atomic E-state index is -0.205. The molecule has 0 bridgehead atoms. The molecule has 15 heavy (non-hydrogen) atoms. The Bertz CT molecular complexity index is 600. The van der Waals surface area contributed by atoms with Gasteiger partial charge in [0.25, 0.3) is 5.56 Å². The van der Waals surface area contributed by atoms with E-state index in [9.17, 15) is 4.79 Å². The molecule has 0 aliphatic rings. The second kappa shape index (κ2) is 3.24. The average Bonchev–Trinajstić information content (AvgIpc) is 2.57. The lowest BCUT2D eigenvalue weighted by atomic mass is 10.1. The number of nitrogens with one attached hydrogen (secondary N) is 1. The minimum absolute atomic E-state index is 0.153. The van der Waals surface area contributed by atoms with Crippen LogP contribution in [0.3, 0.4) is 0 Å². The third-order valence-corrected chi connectivity index (χ3v) is 2.26. The van der Waals surface area contributed by atoms with Gasteiger partial charge in [0, 0.05) is 12.3 Å². The van der Waals surface area contributed by atoms with Crippen molar-refractivity contribution < 1.29 is 0 Å². The molecule has 0 spiro atoms. The lowest BCUT2D eigenvalue weighted by Crippen LogP contribution is -2.12. The lowest BCUT2D eigenvalue weighted by molar-refractivity contribution is 0.775. The molecule has 0 atom stereocenters. The summed E-state index contributed by atoms with van der Waals surface area (Å²) in [5.41, 5.74) is 1.38. The highest BCUT2D eigenvalue weighted by molar-refractivity contribution is 5.57. The second-order valence-electron chi connectivity index (χ2n) is 3.61. The van der Waals surface area contributed by atoms with E-state index in [0.29, 0.717) is 11.2 Å². The van der Waals surface area contributed by atoms with Gasteiger partial charge in [-0.2, -0.15) is 5.26 Å². The van der Waals surface area contributed by atoms with Crippen LogP contribution in [0.25, 0.3) is 5.65 Å². The van der Waals surface area contributed by atoms with E-state index in [1.807, 2.05) is 13.8 Å². The van der Waals surface area contributed by atoms with Gasteiger partial charge in [-0.25, -0.2) is 9.50 Å². The summed E-state index contributed by atoms with van der Waals surface area (Å²) < 4.78 is 1.30. The average molecular weight is 202 g/mol. The Morgan fingerprint density at radius 3 is 2.93 bits per heavy atom. The number of aromatic nitrogens is 3. The maximum atomic E-state index is 11.5. The molecule has 2 heterocycles. The quantitative estimate of drug-likeness (QED) is 0.750.